The number of rotatable bonds is 4. The van der Waals surface area contributed by atoms with Gasteiger partial charge in [-0.15, -0.1) is 11.3 Å². The van der Waals surface area contributed by atoms with Crippen molar-refractivity contribution < 1.29 is 0 Å². The van der Waals surface area contributed by atoms with Gasteiger partial charge in [0.15, 0.2) is 0 Å². The summed E-state index contributed by atoms with van der Waals surface area (Å²) < 4.78 is 0. The van der Waals surface area contributed by atoms with E-state index in [1.807, 2.05) is 0 Å². The van der Waals surface area contributed by atoms with E-state index in [4.69, 9.17) is 5.26 Å². The summed E-state index contributed by atoms with van der Waals surface area (Å²) in [6.07, 6.45) is 2.20. The zero-order valence-corrected chi connectivity index (χ0v) is 11.0. The van der Waals surface area contributed by atoms with Gasteiger partial charge in [0.1, 0.15) is 6.04 Å². The molecule has 4 nitrogen and oxygen atoms in total. The summed E-state index contributed by atoms with van der Waals surface area (Å²) in [4.78, 5) is 6.82. The van der Waals surface area contributed by atoms with E-state index in [-0.39, 0.29) is 6.04 Å². The molecule has 1 aliphatic heterocycles. The Balaban J connectivity index is 1.96. The molecule has 5 heteroatoms. The molecule has 0 spiro atoms. The van der Waals surface area contributed by atoms with E-state index in [2.05, 4.69) is 33.6 Å². The van der Waals surface area contributed by atoms with Gasteiger partial charge in [-0.1, -0.05) is 6.92 Å². The highest BCUT2D eigenvalue weighted by atomic mass is 32.1. The largest absolute Gasteiger partial charge is 0.313 e. The number of nitriles is 1. The number of hydrogen-bond donors (Lipinski definition) is 1. The molecular formula is C12H18N4S. The second kappa shape index (κ2) is 6.10. The quantitative estimate of drug-likeness (QED) is 0.877. The Morgan fingerprint density at radius 1 is 1.71 bits per heavy atom. The predicted molar refractivity (Wildman–Crippen MR) is 68.8 cm³/mol. The van der Waals surface area contributed by atoms with E-state index >= 15 is 0 Å². The second-order valence-electron chi connectivity index (χ2n) is 4.30. The van der Waals surface area contributed by atoms with E-state index in [1.54, 1.807) is 11.3 Å². The van der Waals surface area contributed by atoms with Gasteiger partial charge < -0.3 is 5.32 Å². The van der Waals surface area contributed by atoms with Crippen molar-refractivity contribution >= 4 is 11.3 Å². The molecule has 0 aromatic carbocycles. The van der Waals surface area contributed by atoms with Gasteiger partial charge in [0.2, 0.25) is 0 Å². The van der Waals surface area contributed by atoms with Crippen LogP contribution in [-0.2, 0) is 13.0 Å². The highest BCUT2D eigenvalue weighted by Gasteiger charge is 2.22. The Morgan fingerprint density at radius 2 is 2.59 bits per heavy atom. The summed E-state index contributed by atoms with van der Waals surface area (Å²) in [5, 5.41) is 15.7. The SMILES string of the molecule is CCCc1nc(CN2CCNCC2C#N)cs1. The number of nitrogens with one attached hydrogen (secondary N) is 1. The summed E-state index contributed by atoms with van der Waals surface area (Å²) in [6.45, 7) is 5.63. The monoisotopic (exact) mass is 250 g/mol. The Bertz CT molecular complexity index is 395. The molecule has 1 aromatic rings. The number of aryl methyl sites for hydroxylation is 1. The first-order chi connectivity index (χ1) is 8.33. The third-order valence-electron chi connectivity index (χ3n) is 2.93. The van der Waals surface area contributed by atoms with E-state index in [1.165, 1.54) is 5.01 Å². The normalized spacial score (nSPS) is 21.3. The summed E-state index contributed by atoms with van der Waals surface area (Å²) in [7, 11) is 0. The molecule has 1 aromatic heterocycles. The smallest absolute Gasteiger partial charge is 0.111 e. The van der Waals surface area contributed by atoms with E-state index in [0.717, 1.165) is 44.7 Å². The van der Waals surface area contributed by atoms with Crippen LogP contribution in [0.25, 0.3) is 0 Å². The number of hydrogen-bond acceptors (Lipinski definition) is 5. The summed E-state index contributed by atoms with van der Waals surface area (Å²) >= 11 is 1.74. The molecule has 2 heterocycles. The third kappa shape index (κ3) is 3.25. The zero-order valence-electron chi connectivity index (χ0n) is 10.1. The van der Waals surface area contributed by atoms with E-state index in [0.29, 0.717) is 0 Å². The van der Waals surface area contributed by atoms with Crippen LogP contribution in [0, 0.1) is 11.3 Å². The molecule has 0 aliphatic carbocycles. The van der Waals surface area contributed by atoms with Crippen molar-refractivity contribution in [1.82, 2.24) is 15.2 Å². The Kier molecular flexibility index (Phi) is 4.49. The van der Waals surface area contributed by atoms with Crippen molar-refractivity contribution in [1.29, 1.82) is 5.26 Å². The lowest BCUT2D eigenvalue weighted by Crippen LogP contribution is -2.50. The molecule has 0 radical (unpaired) electrons. The van der Waals surface area contributed by atoms with E-state index < -0.39 is 0 Å². The molecule has 92 valence electrons. The molecule has 1 aliphatic rings. The molecule has 0 bridgehead atoms. The molecule has 1 saturated heterocycles. The Morgan fingerprint density at radius 3 is 3.35 bits per heavy atom. The van der Waals surface area contributed by atoms with Crippen molar-refractivity contribution in [3.8, 4) is 6.07 Å². The summed E-state index contributed by atoms with van der Waals surface area (Å²) in [6, 6.07) is 2.33. The minimum absolute atomic E-state index is 0.0138. The number of thiazole rings is 1. The first kappa shape index (κ1) is 12.5. The van der Waals surface area contributed by atoms with Crippen LogP contribution >= 0.6 is 11.3 Å². The number of piperazine rings is 1. The maximum absolute atomic E-state index is 9.08. The van der Waals surface area contributed by atoms with Gasteiger partial charge in [0.05, 0.1) is 16.8 Å². The average molecular weight is 250 g/mol. The predicted octanol–water partition coefficient (Wildman–Crippen LogP) is 1.39. The molecule has 2 rings (SSSR count). The summed E-state index contributed by atoms with van der Waals surface area (Å²) in [5.41, 5.74) is 1.11. The first-order valence-corrected chi connectivity index (χ1v) is 6.99. The minimum atomic E-state index is -0.0138. The lowest BCUT2D eigenvalue weighted by Gasteiger charge is -2.31. The first-order valence-electron chi connectivity index (χ1n) is 6.11. The van der Waals surface area contributed by atoms with Crippen LogP contribution in [0.3, 0.4) is 0 Å². The van der Waals surface area contributed by atoms with Crippen LogP contribution in [0.2, 0.25) is 0 Å². The van der Waals surface area contributed by atoms with Gasteiger partial charge in [-0.2, -0.15) is 5.26 Å². The molecule has 1 unspecified atom stereocenters. The van der Waals surface area contributed by atoms with Crippen LogP contribution in [0.15, 0.2) is 5.38 Å². The average Bonchev–Trinajstić information content (AvgIpc) is 2.78. The van der Waals surface area contributed by atoms with Gasteiger partial charge in [-0.25, -0.2) is 4.98 Å². The maximum atomic E-state index is 9.08. The topological polar surface area (TPSA) is 52.0 Å². The minimum Gasteiger partial charge on any atom is -0.313 e. The highest BCUT2D eigenvalue weighted by molar-refractivity contribution is 7.09. The maximum Gasteiger partial charge on any atom is 0.111 e. The molecular weight excluding hydrogens is 232 g/mol. The van der Waals surface area contributed by atoms with Crippen molar-refractivity contribution in [3.63, 3.8) is 0 Å². The zero-order chi connectivity index (χ0) is 12.1. The lowest BCUT2D eigenvalue weighted by atomic mass is 10.2. The third-order valence-corrected chi connectivity index (χ3v) is 3.89. The van der Waals surface area contributed by atoms with Crippen molar-refractivity contribution in [2.75, 3.05) is 19.6 Å². The number of aromatic nitrogens is 1. The fourth-order valence-electron chi connectivity index (χ4n) is 2.02. The van der Waals surface area contributed by atoms with Crippen molar-refractivity contribution in [2.45, 2.75) is 32.4 Å². The second-order valence-corrected chi connectivity index (χ2v) is 5.24. The number of nitrogens with zero attached hydrogens (tertiary/aromatic N) is 3. The van der Waals surface area contributed by atoms with Gasteiger partial charge in [-0.05, 0) is 12.8 Å². The molecule has 0 amide bonds. The lowest BCUT2D eigenvalue weighted by molar-refractivity contribution is 0.187. The van der Waals surface area contributed by atoms with Crippen LogP contribution < -0.4 is 5.32 Å². The van der Waals surface area contributed by atoms with Crippen LogP contribution in [0.1, 0.15) is 24.0 Å². The van der Waals surface area contributed by atoms with Gasteiger partial charge >= 0.3 is 0 Å². The van der Waals surface area contributed by atoms with Crippen molar-refractivity contribution in [2.24, 2.45) is 0 Å². The Labute approximate surface area is 106 Å². The van der Waals surface area contributed by atoms with Crippen LogP contribution in [0.4, 0.5) is 0 Å². The summed E-state index contributed by atoms with van der Waals surface area (Å²) in [5.74, 6) is 0. The highest BCUT2D eigenvalue weighted by Crippen LogP contribution is 2.15. The fraction of sp³-hybridized carbons (Fsp3) is 0.667. The molecule has 1 N–H and O–H groups in total. The molecule has 17 heavy (non-hydrogen) atoms. The molecule has 0 saturated carbocycles. The Hall–Kier alpha value is -0.960. The van der Waals surface area contributed by atoms with Crippen molar-refractivity contribution in [3.05, 3.63) is 16.1 Å². The van der Waals surface area contributed by atoms with Gasteiger partial charge in [-0.3, -0.25) is 4.90 Å². The van der Waals surface area contributed by atoms with E-state index in [9.17, 15) is 0 Å². The standard InChI is InChI=1S/C12H18N4S/c1-2-3-12-15-10(9-17-12)8-16-5-4-14-7-11(16)6-13/h9,11,14H,2-5,7-8H2,1H3. The van der Waals surface area contributed by atoms with Gasteiger partial charge in [0, 0.05) is 31.6 Å². The van der Waals surface area contributed by atoms with Crippen LogP contribution in [0.5, 0.6) is 0 Å². The molecule has 1 fully saturated rings. The fourth-order valence-corrected chi connectivity index (χ4v) is 2.91. The molecule has 1 atom stereocenters. The van der Waals surface area contributed by atoms with Gasteiger partial charge in [0.25, 0.3) is 0 Å². The van der Waals surface area contributed by atoms with Crippen LogP contribution in [-0.4, -0.2) is 35.6 Å².